The van der Waals surface area contributed by atoms with Crippen LogP contribution >= 0.6 is 24.8 Å². The standard InChI is InChI=1S/C16H28N4O3S.2ClH/c1-4-23-11-15-19-14-6-8-17-7-5-13(14)16(20-15)18-9-10-24(21,22)12(2)3;;/h12,17H,4-11H2,1-3H3,(H,18,19,20);2*1H. The second-order valence-electron chi connectivity index (χ2n) is 6.14. The van der Waals surface area contributed by atoms with Crippen molar-refractivity contribution in [2.24, 2.45) is 0 Å². The van der Waals surface area contributed by atoms with Gasteiger partial charge in [-0.05, 0) is 33.7 Å². The molecule has 1 aromatic heterocycles. The summed E-state index contributed by atoms with van der Waals surface area (Å²) >= 11 is 0. The fraction of sp³-hybridized carbons (Fsp3) is 0.750. The first-order valence-electron chi connectivity index (χ1n) is 8.56. The SMILES string of the molecule is CCOCc1nc2c(c(NCCS(=O)(=O)C(C)C)n1)CCNCC2.Cl.Cl. The molecule has 7 nitrogen and oxygen atoms in total. The molecule has 26 heavy (non-hydrogen) atoms. The van der Waals surface area contributed by atoms with Crippen molar-refractivity contribution in [3.63, 3.8) is 0 Å². The lowest BCUT2D eigenvalue weighted by molar-refractivity contribution is 0.128. The van der Waals surface area contributed by atoms with Gasteiger partial charge in [-0.25, -0.2) is 18.4 Å². The van der Waals surface area contributed by atoms with Crippen LogP contribution in [-0.2, 0) is 34.0 Å². The van der Waals surface area contributed by atoms with Gasteiger partial charge in [0, 0.05) is 31.7 Å². The minimum Gasteiger partial charge on any atom is -0.374 e. The summed E-state index contributed by atoms with van der Waals surface area (Å²) in [7, 11) is -3.06. The Balaban J connectivity index is 0.00000312. The van der Waals surface area contributed by atoms with Crippen LogP contribution in [0.5, 0.6) is 0 Å². The van der Waals surface area contributed by atoms with Crippen LogP contribution in [0.3, 0.4) is 0 Å². The molecule has 1 aromatic rings. The maximum atomic E-state index is 12.0. The molecule has 0 saturated carbocycles. The quantitative estimate of drug-likeness (QED) is 0.651. The molecule has 0 fully saturated rings. The Bertz CT molecular complexity index is 657. The summed E-state index contributed by atoms with van der Waals surface area (Å²) in [4.78, 5) is 9.18. The fourth-order valence-corrected chi connectivity index (χ4v) is 3.41. The van der Waals surface area contributed by atoms with E-state index in [1.165, 1.54) is 0 Å². The number of nitrogens with zero attached hydrogens (tertiary/aromatic N) is 2. The highest BCUT2D eigenvalue weighted by molar-refractivity contribution is 7.92. The van der Waals surface area contributed by atoms with E-state index in [4.69, 9.17) is 4.74 Å². The van der Waals surface area contributed by atoms with Crippen molar-refractivity contribution in [2.75, 3.05) is 37.3 Å². The summed E-state index contributed by atoms with van der Waals surface area (Å²) < 4.78 is 29.4. The van der Waals surface area contributed by atoms with E-state index in [9.17, 15) is 8.42 Å². The van der Waals surface area contributed by atoms with Gasteiger partial charge in [0.2, 0.25) is 0 Å². The third-order valence-corrected chi connectivity index (χ3v) is 6.27. The van der Waals surface area contributed by atoms with Gasteiger partial charge in [0.25, 0.3) is 0 Å². The third-order valence-electron chi connectivity index (χ3n) is 4.06. The average Bonchev–Trinajstić information content (AvgIpc) is 2.78. The molecule has 2 heterocycles. The third kappa shape index (κ3) is 7.15. The highest BCUT2D eigenvalue weighted by atomic mass is 35.5. The summed E-state index contributed by atoms with van der Waals surface area (Å²) in [6.45, 7) is 8.44. The molecule has 0 aliphatic carbocycles. The van der Waals surface area contributed by atoms with Crippen LogP contribution in [0.15, 0.2) is 0 Å². The van der Waals surface area contributed by atoms with Crippen LogP contribution in [0.4, 0.5) is 5.82 Å². The van der Waals surface area contributed by atoms with E-state index in [-0.39, 0.29) is 35.8 Å². The molecular formula is C16H30Cl2N4O3S. The fourth-order valence-electron chi connectivity index (χ4n) is 2.55. The van der Waals surface area contributed by atoms with Gasteiger partial charge in [0.1, 0.15) is 12.4 Å². The van der Waals surface area contributed by atoms with E-state index >= 15 is 0 Å². The van der Waals surface area contributed by atoms with Crippen LogP contribution in [0.25, 0.3) is 0 Å². The lowest BCUT2D eigenvalue weighted by atomic mass is 10.1. The van der Waals surface area contributed by atoms with E-state index in [2.05, 4.69) is 20.6 Å². The van der Waals surface area contributed by atoms with Crippen molar-refractivity contribution in [1.82, 2.24) is 15.3 Å². The summed E-state index contributed by atoms with van der Waals surface area (Å²) in [6.07, 6.45) is 1.68. The summed E-state index contributed by atoms with van der Waals surface area (Å²) in [6, 6.07) is 0. The summed E-state index contributed by atoms with van der Waals surface area (Å²) in [5.74, 6) is 1.49. The molecule has 2 N–H and O–H groups in total. The Kier molecular flexibility index (Phi) is 11.6. The molecule has 10 heteroatoms. The van der Waals surface area contributed by atoms with Crippen molar-refractivity contribution in [3.05, 3.63) is 17.1 Å². The maximum absolute atomic E-state index is 12.0. The lowest BCUT2D eigenvalue weighted by Crippen LogP contribution is -2.24. The van der Waals surface area contributed by atoms with E-state index in [0.717, 1.165) is 43.0 Å². The number of sulfone groups is 1. The second kappa shape index (κ2) is 11.9. The Morgan fingerprint density at radius 1 is 1.19 bits per heavy atom. The summed E-state index contributed by atoms with van der Waals surface area (Å²) in [5, 5.41) is 6.21. The first-order valence-corrected chi connectivity index (χ1v) is 10.3. The Labute approximate surface area is 168 Å². The number of fused-ring (bicyclic) bond motifs is 1. The topological polar surface area (TPSA) is 93.2 Å². The molecule has 0 radical (unpaired) electrons. The van der Waals surface area contributed by atoms with Crippen molar-refractivity contribution in [3.8, 4) is 0 Å². The normalized spacial score (nSPS) is 14.0. The largest absolute Gasteiger partial charge is 0.374 e. The van der Waals surface area contributed by atoms with E-state index in [1.807, 2.05) is 6.92 Å². The molecule has 1 aliphatic rings. The Morgan fingerprint density at radius 2 is 1.88 bits per heavy atom. The molecule has 0 amide bonds. The van der Waals surface area contributed by atoms with E-state index in [1.54, 1.807) is 13.8 Å². The Morgan fingerprint density at radius 3 is 2.54 bits per heavy atom. The molecule has 2 rings (SSSR count). The number of aromatic nitrogens is 2. The van der Waals surface area contributed by atoms with Gasteiger partial charge in [0.05, 0.1) is 16.7 Å². The van der Waals surface area contributed by atoms with Gasteiger partial charge < -0.3 is 15.4 Å². The van der Waals surface area contributed by atoms with E-state index < -0.39 is 9.84 Å². The van der Waals surface area contributed by atoms with Crippen molar-refractivity contribution in [2.45, 2.75) is 45.5 Å². The maximum Gasteiger partial charge on any atom is 0.156 e. The minimum atomic E-state index is -3.06. The van der Waals surface area contributed by atoms with Gasteiger partial charge in [-0.3, -0.25) is 0 Å². The molecule has 0 spiro atoms. The van der Waals surface area contributed by atoms with E-state index in [0.29, 0.717) is 25.6 Å². The molecule has 0 aromatic carbocycles. The first-order chi connectivity index (χ1) is 11.4. The van der Waals surface area contributed by atoms with Gasteiger partial charge in [-0.2, -0.15) is 0 Å². The Hall–Kier alpha value is -0.670. The molecule has 152 valence electrons. The zero-order chi connectivity index (χ0) is 17.6. The lowest BCUT2D eigenvalue weighted by Gasteiger charge is -2.15. The zero-order valence-corrected chi connectivity index (χ0v) is 18.0. The smallest absolute Gasteiger partial charge is 0.156 e. The van der Waals surface area contributed by atoms with Crippen LogP contribution in [-0.4, -0.2) is 55.6 Å². The van der Waals surface area contributed by atoms with Crippen molar-refractivity contribution >= 4 is 40.5 Å². The van der Waals surface area contributed by atoms with Crippen LogP contribution in [0.1, 0.15) is 37.9 Å². The van der Waals surface area contributed by atoms with Crippen LogP contribution < -0.4 is 10.6 Å². The summed E-state index contributed by atoms with van der Waals surface area (Å²) in [5.41, 5.74) is 2.11. The van der Waals surface area contributed by atoms with Crippen LogP contribution in [0.2, 0.25) is 0 Å². The first kappa shape index (κ1) is 25.3. The zero-order valence-electron chi connectivity index (χ0n) is 15.6. The number of hydrogen-bond acceptors (Lipinski definition) is 7. The van der Waals surface area contributed by atoms with Gasteiger partial charge in [-0.15, -0.1) is 24.8 Å². The predicted molar refractivity (Wildman–Crippen MR) is 110 cm³/mol. The number of rotatable bonds is 8. The van der Waals surface area contributed by atoms with Crippen molar-refractivity contribution < 1.29 is 13.2 Å². The highest BCUT2D eigenvalue weighted by Crippen LogP contribution is 2.20. The number of hydrogen-bond donors (Lipinski definition) is 2. The van der Waals surface area contributed by atoms with Gasteiger partial charge in [-0.1, -0.05) is 0 Å². The molecule has 0 unspecified atom stereocenters. The monoisotopic (exact) mass is 428 g/mol. The average molecular weight is 429 g/mol. The number of halogens is 2. The number of ether oxygens (including phenoxy) is 1. The molecule has 0 bridgehead atoms. The number of anilines is 1. The van der Waals surface area contributed by atoms with Crippen LogP contribution in [0, 0.1) is 0 Å². The van der Waals surface area contributed by atoms with Crippen molar-refractivity contribution in [1.29, 1.82) is 0 Å². The molecule has 0 atom stereocenters. The molecule has 0 saturated heterocycles. The predicted octanol–water partition coefficient (Wildman–Crippen LogP) is 1.78. The van der Waals surface area contributed by atoms with Gasteiger partial charge >= 0.3 is 0 Å². The number of nitrogens with one attached hydrogen (secondary N) is 2. The molecule has 1 aliphatic heterocycles. The highest BCUT2D eigenvalue weighted by Gasteiger charge is 2.19. The second-order valence-corrected chi connectivity index (χ2v) is 8.82. The van der Waals surface area contributed by atoms with Gasteiger partial charge in [0.15, 0.2) is 15.7 Å². The molecular weight excluding hydrogens is 399 g/mol. The minimum absolute atomic E-state index is 0.